The maximum Gasteiger partial charge on any atom is 0.355 e. The van der Waals surface area contributed by atoms with Gasteiger partial charge in [0.1, 0.15) is 10.8 Å². The van der Waals surface area contributed by atoms with E-state index in [1.807, 2.05) is 4.90 Å². The van der Waals surface area contributed by atoms with Crippen LogP contribution in [0.5, 0.6) is 0 Å². The monoisotopic (exact) mass is 310 g/mol. The molecule has 0 saturated heterocycles. The molecule has 2 N–H and O–H groups in total. The number of hydrogen-bond acceptors (Lipinski definition) is 5. The van der Waals surface area contributed by atoms with Gasteiger partial charge in [-0.05, 0) is 31.3 Å². The lowest BCUT2D eigenvalue weighted by Gasteiger charge is -2.13. The Hall–Kier alpha value is -1.83. The van der Waals surface area contributed by atoms with Crippen molar-refractivity contribution < 1.29 is 19.4 Å². The van der Waals surface area contributed by atoms with Crippen LogP contribution in [-0.2, 0) is 6.54 Å². The van der Waals surface area contributed by atoms with Crippen molar-refractivity contribution in [2.75, 3.05) is 20.2 Å². The second-order valence-corrected chi connectivity index (χ2v) is 5.65. The molecule has 0 saturated carbocycles. The fraction of sp³-hybridized carbons (Fsp3) is 0.286. The Morgan fingerprint density at radius 1 is 1.38 bits per heavy atom. The normalized spacial score (nSPS) is 11.0. The number of nitrogens with zero attached hydrogens (tertiary/aromatic N) is 2. The maximum absolute atomic E-state index is 12.9. The molecule has 1 aromatic carbocycles. The molecule has 7 heteroatoms. The Morgan fingerprint density at radius 3 is 2.62 bits per heavy atom. The van der Waals surface area contributed by atoms with Gasteiger partial charge in [0.05, 0.1) is 11.5 Å². The summed E-state index contributed by atoms with van der Waals surface area (Å²) in [5.74, 6) is -1.44. The summed E-state index contributed by atoms with van der Waals surface area (Å²) in [6.07, 6.45) is 0. The summed E-state index contributed by atoms with van der Waals surface area (Å²) in [6.45, 7) is 0.840. The second kappa shape index (κ2) is 6.75. The Balaban J connectivity index is 2.32. The van der Waals surface area contributed by atoms with E-state index in [9.17, 15) is 14.3 Å². The van der Waals surface area contributed by atoms with Crippen molar-refractivity contribution in [2.45, 2.75) is 6.54 Å². The number of thiazole rings is 1. The van der Waals surface area contributed by atoms with Gasteiger partial charge in [-0.2, -0.15) is 0 Å². The first kappa shape index (κ1) is 15.6. The van der Waals surface area contributed by atoms with Crippen LogP contribution in [0.2, 0.25) is 0 Å². The lowest BCUT2D eigenvalue weighted by molar-refractivity contribution is 0.0689. The van der Waals surface area contributed by atoms with Gasteiger partial charge in [-0.15, -0.1) is 11.3 Å². The molecule has 2 aromatic rings. The quantitative estimate of drug-likeness (QED) is 0.854. The molecule has 21 heavy (non-hydrogen) atoms. The molecule has 0 bridgehead atoms. The summed E-state index contributed by atoms with van der Waals surface area (Å²) in [7, 11) is 1.79. The first-order valence-corrected chi connectivity index (χ1v) is 7.11. The Kier molecular flexibility index (Phi) is 5.00. The lowest BCUT2D eigenvalue weighted by Crippen LogP contribution is -2.22. The minimum atomic E-state index is -1.09. The number of benzene rings is 1. The predicted octanol–water partition coefficient (Wildman–Crippen LogP) is 2.07. The van der Waals surface area contributed by atoms with Crippen molar-refractivity contribution in [1.82, 2.24) is 9.88 Å². The molecule has 0 atom stereocenters. The average molecular weight is 310 g/mol. The second-order valence-electron chi connectivity index (χ2n) is 4.56. The third kappa shape index (κ3) is 3.84. The summed E-state index contributed by atoms with van der Waals surface area (Å²) in [4.78, 5) is 17.8. The fourth-order valence-electron chi connectivity index (χ4n) is 1.84. The number of carboxylic acid groups (broad SMARTS) is 1. The van der Waals surface area contributed by atoms with Gasteiger partial charge in [-0.1, -0.05) is 0 Å². The summed E-state index contributed by atoms with van der Waals surface area (Å²) >= 11 is 1.26. The highest BCUT2D eigenvalue weighted by Gasteiger charge is 2.19. The lowest BCUT2D eigenvalue weighted by atomic mass is 10.2. The van der Waals surface area contributed by atoms with Gasteiger partial charge in [0.15, 0.2) is 5.69 Å². The van der Waals surface area contributed by atoms with Crippen molar-refractivity contribution in [3.05, 3.63) is 40.7 Å². The molecule has 112 valence electrons. The third-order valence-corrected chi connectivity index (χ3v) is 3.98. The van der Waals surface area contributed by atoms with E-state index in [-0.39, 0.29) is 18.1 Å². The van der Waals surface area contributed by atoms with Gasteiger partial charge in [0.2, 0.25) is 0 Å². The molecule has 2 rings (SSSR count). The zero-order valence-corrected chi connectivity index (χ0v) is 12.2. The van der Waals surface area contributed by atoms with Crippen LogP contribution in [0.4, 0.5) is 4.39 Å². The van der Waals surface area contributed by atoms with Gasteiger partial charge in [-0.25, -0.2) is 14.2 Å². The van der Waals surface area contributed by atoms with Crippen molar-refractivity contribution in [3.63, 3.8) is 0 Å². The van der Waals surface area contributed by atoms with Crippen LogP contribution in [0.1, 0.15) is 15.4 Å². The van der Waals surface area contributed by atoms with E-state index in [1.54, 1.807) is 19.2 Å². The number of aliphatic hydroxyl groups excluding tert-OH is 1. The summed E-state index contributed by atoms with van der Waals surface area (Å²) in [5.41, 5.74) is 0.684. The number of aromatic nitrogens is 1. The van der Waals surface area contributed by atoms with E-state index in [0.717, 1.165) is 0 Å². The molecule has 1 aromatic heterocycles. The zero-order chi connectivity index (χ0) is 15.4. The number of aromatic carboxylic acids is 1. The van der Waals surface area contributed by atoms with E-state index in [1.165, 1.54) is 23.5 Å². The molecule has 0 amide bonds. The number of aliphatic hydroxyl groups is 1. The van der Waals surface area contributed by atoms with Crippen LogP contribution < -0.4 is 0 Å². The van der Waals surface area contributed by atoms with E-state index < -0.39 is 5.97 Å². The topological polar surface area (TPSA) is 73.7 Å². The van der Waals surface area contributed by atoms with Crippen LogP contribution in [-0.4, -0.2) is 46.3 Å². The van der Waals surface area contributed by atoms with E-state index in [0.29, 0.717) is 28.5 Å². The molecule has 1 heterocycles. The number of halogens is 1. The van der Waals surface area contributed by atoms with Crippen LogP contribution in [0, 0.1) is 5.82 Å². The molecule has 0 spiro atoms. The average Bonchev–Trinajstić information content (AvgIpc) is 2.83. The van der Waals surface area contributed by atoms with E-state index in [4.69, 9.17) is 5.11 Å². The highest BCUT2D eigenvalue weighted by molar-refractivity contribution is 7.15. The first-order chi connectivity index (χ1) is 10.0. The van der Waals surface area contributed by atoms with Gasteiger partial charge in [-0.3, -0.25) is 4.90 Å². The van der Waals surface area contributed by atoms with Crippen molar-refractivity contribution >= 4 is 17.3 Å². The minimum Gasteiger partial charge on any atom is -0.476 e. The number of carbonyl (C=O) groups is 1. The molecule has 0 aliphatic rings. The standard InChI is InChI=1S/C14H15FN2O3S/c1-17(6-7-18)8-11-12(14(19)20)16-13(21-11)9-2-4-10(15)5-3-9/h2-5,18H,6-8H2,1H3,(H,19,20). The molecule has 0 radical (unpaired) electrons. The largest absolute Gasteiger partial charge is 0.476 e. The highest BCUT2D eigenvalue weighted by Crippen LogP contribution is 2.29. The van der Waals surface area contributed by atoms with Gasteiger partial charge >= 0.3 is 5.97 Å². The zero-order valence-electron chi connectivity index (χ0n) is 11.4. The molecular formula is C14H15FN2O3S. The van der Waals surface area contributed by atoms with E-state index >= 15 is 0 Å². The SMILES string of the molecule is CN(CCO)Cc1sc(-c2ccc(F)cc2)nc1C(=O)O. The van der Waals surface area contributed by atoms with Crippen LogP contribution in [0.3, 0.4) is 0 Å². The Morgan fingerprint density at radius 2 is 2.05 bits per heavy atom. The summed E-state index contributed by atoms with van der Waals surface area (Å²) in [5, 5.41) is 18.7. The molecule has 0 fully saturated rings. The molecule has 0 aliphatic carbocycles. The van der Waals surface area contributed by atoms with Crippen molar-refractivity contribution in [1.29, 1.82) is 0 Å². The maximum atomic E-state index is 12.9. The van der Waals surface area contributed by atoms with Crippen molar-refractivity contribution in [2.24, 2.45) is 0 Å². The number of carboxylic acids is 1. The van der Waals surface area contributed by atoms with Crippen LogP contribution >= 0.6 is 11.3 Å². The summed E-state index contributed by atoms with van der Waals surface area (Å²) in [6, 6.07) is 5.77. The van der Waals surface area contributed by atoms with Crippen LogP contribution in [0.25, 0.3) is 10.6 Å². The molecular weight excluding hydrogens is 295 g/mol. The van der Waals surface area contributed by atoms with E-state index in [2.05, 4.69) is 4.98 Å². The van der Waals surface area contributed by atoms with Gasteiger partial charge in [0, 0.05) is 18.7 Å². The minimum absolute atomic E-state index is 0.00251. The Bertz CT molecular complexity index is 628. The molecule has 0 aliphatic heterocycles. The highest BCUT2D eigenvalue weighted by atomic mass is 32.1. The van der Waals surface area contributed by atoms with Gasteiger partial charge < -0.3 is 10.2 Å². The first-order valence-electron chi connectivity index (χ1n) is 6.29. The number of likely N-dealkylation sites (N-methyl/N-ethyl adjacent to an activating group) is 1. The van der Waals surface area contributed by atoms with Gasteiger partial charge in [0.25, 0.3) is 0 Å². The fourth-order valence-corrected chi connectivity index (χ4v) is 2.98. The summed E-state index contributed by atoms with van der Waals surface area (Å²) < 4.78 is 12.9. The number of hydrogen-bond donors (Lipinski definition) is 2. The smallest absolute Gasteiger partial charge is 0.355 e. The Labute approximate surface area is 125 Å². The molecule has 5 nitrogen and oxygen atoms in total. The third-order valence-electron chi connectivity index (χ3n) is 2.89. The molecule has 0 unspecified atom stereocenters. The van der Waals surface area contributed by atoms with Crippen LogP contribution in [0.15, 0.2) is 24.3 Å². The number of rotatable bonds is 6. The van der Waals surface area contributed by atoms with Crippen molar-refractivity contribution in [3.8, 4) is 10.6 Å². The predicted molar refractivity (Wildman–Crippen MR) is 77.9 cm³/mol.